The number of rotatable bonds is 3. The Morgan fingerprint density at radius 2 is 2.19 bits per heavy atom. The highest BCUT2D eigenvalue weighted by atomic mass is 32.2. The zero-order valence-corrected chi connectivity index (χ0v) is 9.54. The van der Waals surface area contributed by atoms with Crippen molar-refractivity contribution >= 4 is 17.7 Å². The summed E-state index contributed by atoms with van der Waals surface area (Å²) >= 11 is 1.43. The maximum atomic E-state index is 13.4. The lowest BCUT2D eigenvalue weighted by molar-refractivity contribution is 0.564. The van der Waals surface area contributed by atoms with Gasteiger partial charge in [-0.05, 0) is 12.3 Å². The quantitative estimate of drug-likeness (QED) is 0.828. The summed E-state index contributed by atoms with van der Waals surface area (Å²) in [4.78, 5) is 4.03. The predicted molar refractivity (Wildman–Crippen MR) is 61.7 cm³/mol. The summed E-state index contributed by atoms with van der Waals surface area (Å²) in [5.74, 6) is -0.0377. The van der Waals surface area contributed by atoms with Gasteiger partial charge in [0.05, 0.1) is 6.54 Å². The van der Waals surface area contributed by atoms with Crippen LogP contribution in [0.1, 0.15) is 5.56 Å². The third-order valence-electron chi connectivity index (χ3n) is 2.11. The van der Waals surface area contributed by atoms with E-state index in [9.17, 15) is 4.39 Å². The van der Waals surface area contributed by atoms with Gasteiger partial charge in [0.1, 0.15) is 5.82 Å². The second kappa shape index (κ2) is 4.52. The lowest BCUT2D eigenvalue weighted by atomic mass is 10.2. The fourth-order valence-corrected chi connectivity index (χ4v) is 1.89. The first-order valence-electron chi connectivity index (χ1n) is 4.68. The zero-order valence-electron chi connectivity index (χ0n) is 8.72. The van der Waals surface area contributed by atoms with Crippen LogP contribution in [-0.4, -0.2) is 21.0 Å². The molecule has 0 radical (unpaired) electrons. The number of nitrogen functional groups attached to an aromatic ring is 1. The largest absolute Gasteiger partial charge is 0.366 e. The average molecular weight is 238 g/mol. The molecule has 84 valence electrons. The molecule has 4 nitrogen and oxygen atoms in total. The molecule has 0 amide bonds. The molecule has 2 N–H and O–H groups in total. The Morgan fingerprint density at radius 1 is 1.44 bits per heavy atom. The van der Waals surface area contributed by atoms with Crippen molar-refractivity contribution in [2.45, 2.75) is 11.7 Å². The van der Waals surface area contributed by atoms with Crippen LogP contribution >= 0.6 is 11.8 Å². The minimum absolute atomic E-state index is 0.209. The van der Waals surface area contributed by atoms with E-state index in [4.69, 9.17) is 5.73 Å². The lowest BCUT2D eigenvalue weighted by Gasteiger charge is -2.04. The van der Waals surface area contributed by atoms with Gasteiger partial charge >= 0.3 is 0 Å². The number of halogens is 1. The molecule has 0 saturated heterocycles. The van der Waals surface area contributed by atoms with Crippen LogP contribution in [0, 0.1) is 5.82 Å². The topological polar surface area (TPSA) is 56.7 Å². The minimum Gasteiger partial charge on any atom is -0.366 e. The summed E-state index contributed by atoms with van der Waals surface area (Å²) in [6.45, 7) is 0.340. The molecule has 0 unspecified atom stereocenters. The van der Waals surface area contributed by atoms with E-state index in [2.05, 4.69) is 10.1 Å². The van der Waals surface area contributed by atoms with Crippen LogP contribution in [0.2, 0.25) is 0 Å². The zero-order chi connectivity index (χ0) is 11.5. The van der Waals surface area contributed by atoms with Gasteiger partial charge in [-0.25, -0.2) is 9.07 Å². The highest BCUT2D eigenvalue weighted by Crippen LogP contribution is 2.16. The van der Waals surface area contributed by atoms with Gasteiger partial charge in [-0.1, -0.05) is 30.0 Å². The SMILES string of the molecule is CSc1nc(N)nn1Cc1ccccc1F. The van der Waals surface area contributed by atoms with Crippen molar-refractivity contribution in [3.05, 3.63) is 35.6 Å². The summed E-state index contributed by atoms with van der Waals surface area (Å²) in [6, 6.07) is 6.59. The first-order valence-corrected chi connectivity index (χ1v) is 5.91. The maximum Gasteiger partial charge on any atom is 0.240 e. The summed E-state index contributed by atoms with van der Waals surface area (Å²) in [6.07, 6.45) is 1.88. The van der Waals surface area contributed by atoms with Gasteiger partial charge in [-0.3, -0.25) is 0 Å². The van der Waals surface area contributed by atoms with Gasteiger partial charge in [-0.15, -0.1) is 5.10 Å². The van der Waals surface area contributed by atoms with Crippen LogP contribution in [0.3, 0.4) is 0 Å². The number of nitrogens with zero attached hydrogens (tertiary/aromatic N) is 3. The standard InChI is InChI=1S/C10H11FN4S/c1-16-10-13-9(12)14-15(10)6-7-4-2-3-5-8(7)11/h2-5H,6H2,1H3,(H2,12,14). The monoisotopic (exact) mass is 238 g/mol. The maximum absolute atomic E-state index is 13.4. The second-order valence-corrected chi connectivity index (χ2v) is 3.98. The van der Waals surface area contributed by atoms with Crippen molar-refractivity contribution in [2.24, 2.45) is 0 Å². The average Bonchev–Trinajstić information content (AvgIpc) is 2.62. The number of benzene rings is 1. The van der Waals surface area contributed by atoms with E-state index in [-0.39, 0.29) is 11.8 Å². The number of nitrogens with two attached hydrogens (primary N) is 1. The van der Waals surface area contributed by atoms with Crippen LogP contribution in [0.15, 0.2) is 29.4 Å². The first kappa shape index (κ1) is 10.9. The molecule has 0 atom stereocenters. The Labute approximate surface area is 96.7 Å². The van der Waals surface area contributed by atoms with E-state index in [1.807, 2.05) is 6.26 Å². The molecule has 0 spiro atoms. The molecular formula is C10H11FN4S. The Kier molecular flexibility index (Phi) is 3.09. The minimum atomic E-state index is -0.247. The van der Waals surface area contributed by atoms with Crippen LogP contribution < -0.4 is 5.73 Å². The molecule has 1 heterocycles. The normalized spacial score (nSPS) is 10.6. The number of hydrogen-bond donors (Lipinski definition) is 1. The molecule has 2 rings (SSSR count). The molecule has 2 aromatic rings. The highest BCUT2D eigenvalue weighted by molar-refractivity contribution is 7.98. The number of aromatic nitrogens is 3. The van der Waals surface area contributed by atoms with Crippen LogP contribution in [0.25, 0.3) is 0 Å². The number of hydrogen-bond acceptors (Lipinski definition) is 4. The van der Waals surface area contributed by atoms with E-state index < -0.39 is 0 Å². The summed E-state index contributed by atoms with van der Waals surface area (Å²) in [7, 11) is 0. The van der Waals surface area contributed by atoms with Gasteiger partial charge < -0.3 is 5.73 Å². The van der Waals surface area contributed by atoms with Crippen molar-refractivity contribution < 1.29 is 4.39 Å². The molecule has 0 bridgehead atoms. The molecule has 0 saturated carbocycles. The van der Waals surface area contributed by atoms with E-state index in [0.29, 0.717) is 17.3 Å². The summed E-state index contributed by atoms with van der Waals surface area (Å²) in [5.41, 5.74) is 6.07. The van der Waals surface area contributed by atoms with Crippen molar-refractivity contribution in [1.82, 2.24) is 14.8 Å². The Balaban J connectivity index is 2.30. The highest BCUT2D eigenvalue weighted by Gasteiger charge is 2.09. The Bertz CT molecular complexity index is 497. The van der Waals surface area contributed by atoms with E-state index in [0.717, 1.165) is 0 Å². The Morgan fingerprint density at radius 3 is 2.88 bits per heavy atom. The molecule has 0 fully saturated rings. The third-order valence-corrected chi connectivity index (χ3v) is 2.78. The van der Waals surface area contributed by atoms with Gasteiger partial charge in [0.15, 0.2) is 5.16 Å². The van der Waals surface area contributed by atoms with Crippen LogP contribution in [0.5, 0.6) is 0 Å². The van der Waals surface area contributed by atoms with Crippen molar-refractivity contribution in [3.63, 3.8) is 0 Å². The van der Waals surface area contributed by atoms with Gasteiger partial charge in [0.25, 0.3) is 0 Å². The molecule has 0 aliphatic heterocycles. The molecule has 16 heavy (non-hydrogen) atoms. The molecule has 1 aromatic carbocycles. The lowest BCUT2D eigenvalue weighted by Crippen LogP contribution is -2.05. The molecule has 0 aliphatic rings. The smallest absolute Gasteiger partial charge is 0.240 e. The van der Waals surface area contributed by atoms with Crippen LogP contribution in [0.4, 0.5) is 10.3 Å². The van der Waals surface area contributed by atoms with Crippen molar-refractivity contribution in [2.75, 3.05) is 12.0 Å². The van der Waals surface area contributed by atoms with Crippen molar-refractivity contribution in [1.29, 1.82) is 0 Å². The number of anilines is 1. The molecule has 1 aromatic heterocycles. The Hall–Kier alpha value is -1.56. The van der Waals surface area contributed by atoms with E-state index in [1.54, 1.807) is 22.9 Å². The molecule has 6 heteroatoms. The van der Waals surface area contributed by atoms with Gasteiger partial charge in [-0.2, -0.15) is 4.98 Å². The van der Waals surface area contributed by atoms with Gasteiger partial charge in [0, 0.05) is 5.56 Å². The summed E-state index contributed by atoms with van der Waals surface area (Å²) < 4.78 is 15.0. The first-order chi connectivity index (χ1) is 7.70. The predicted octanol–water partition coefficient (Wildman–Crippen LogP) is 1.77. The summed E-state index contributed by atoms with van der Waals surface area (Å²) in [5, 5.41) is 4.69. The molecule has 0 aliphatic carbocycles. The van der Waals surface area contributed by atoms with Crippen LogP contribution in [-0.2, 0) is 6.54 Å². The van der Waals surface area contributed by atoms with Gasteiger partial charge in [0.2, 0.25) is 5.95 Å². The van der Waals surface area contributed by atoms with Crippen molar-refractivity contribution in [3.8, 4) is 0 Å². The fourth-order valence-electron chi connectivity index (χ4n) is 1.39. The fraction of sp³-hybridized carbons (Fsp3) is 0.200. The third kappa shape index (κ3) is 2.16. The molecular weight excluding hydrogens is 227 g/mol. The number of thioether (sulfide) groups is 1. The van der Waals surface area contributed by atoms with E-state index >= 15 is 0 Å². The van der Waals surface area contributed by atoms with E-state index in [1.165, 1.54) is 17.8 Å². The second-order valence-electron chi connectivity index (χ2n) is 3.21.